The Labute approximate surface area is 182 Å². The molecule has 0 fully saturated rings. The standard InChI is InChI=1S/C20H18O11S/c1-3-29-20(24)15-9-8-14(10-16(15)32(25,26)27)19(23)31-11-30-18(22)13-6-4-12(5-7-13)17(21)28-2/h4-10H,3,11H2,1-2H3,(H,25,26,27). The first-order valence-corrected chi connectivity index (χ1v) is 10.3. The summed E-state index contributed by atoms with van der Waals surface area (Å²) in [5.41, 5.74) is -0.505. The van der Waals surface area contributed by atoms with Crippen molar-refractivity contribution in [3.05, 3.63) is 64.7 Å². The number of ether oxygens (including phenoxy) is 4. The summed E-state index contributed by atoms with van der Waals surface area (Å²) in [5.74, 6) is -3.53. The molecule has 1 N–H and O–H groups in total. The van der Waals surface area contributed by atoms with Gasteiger partial charge in [-0.05, 0) is 49.4 Å². The Morgan fingerprint density at radius 3 is 1.78 bits per heavy atom. The Hall–Kier alpha value is -3.77. The van der Waals surface area contributed by atoms with Gasteiger partial charge in [-0.3, -0.25) is 4.55 Å². The molecule has 32 heavy (non-hydrogen) atoms. The topological polar surface area (TPSA) is 160 Å². The minimum absolute atomic E-state index is 0.0374. The molecule has 11 nitrogen and oxygen atoms in total. The highest BCUT2D eigenvalue weighted by molar-refractivity contribution is 7.86. The first-order chi connectivity index (χ1) is 15.1. The number of carbonyl (C=O) groups is 4. The average Bonchev–Trinajstić information content (AvgIpc) is 2.77. The van der Waals surface area contributed by atoms with Crippen LogP contribution in [0.3, 0.4) is 0 Å². The average molecular weight is 466 g/mol. The van der Waals surface area contributed by atoms with Crippen LogP contribution in [0.1, 0.15) is 48.4 Å². The van der Waals surface area contributed by atoms with Gasteiger partial charge in [0.25, 0.3) is 10.1 Å². The third kappa shape index (κ3) is 6.12. The highest BCUT2D eigenvalue weighted by Gasteiger charge is 2.24. The molecule has 0 saturated heterocycles. The Morgan fingerprint density at radius 2 is 1.28 bits per heavy atom. The SMILES string of the molecule is CCOC(=O)c1ccc(C(=O)OCOC(=O)c2ccc(C(=O)OC)cc2)cc1S(=O)(=O)O. The molecule has 0 radical (unpaired) electrons. The maximum Gasteiger partial charge on any atom is 0.341 e. The van der Waals surface area contributed by atoms with Crippen LogP contribution >= 0.6 is 0 Å². The molecule has 0 heterocycles. The van der Waals surface area contributed by atoms with E-state index in [1.165, 1.54) is 38.3 Å². The second kappa shape index (κ2) is 10.5. The van der Waals surface area contributed by atoms with Crippen LogP contribution in [0, 0.1) is 0 Å². The van der Waals surface area contributed by atoms with Crippen LogP contribution in [0.5, 0.6) is 0 Å². The van der Waals surface area contributed by atoms with Crippen molar-refractivity contribution in [3.8, 4) is 0 Å². The van der Waals surface area contributed by atoms with Crippen molar-refractivity contribution >= 4 is 34.0 Å². The van der Waals surface area contributed by atoms with Gasteiger partial charge in [0.1, 0.15) is 4.90 Å². The molecule has 0 saturated carbocycles. The molecule has 2 aromatic rings. The Kier molecular flexibility index (Phi) is 8.04. The fourth-order valence-corrected chi connectivity index (χ4v) is 3.11. The lowest BCUT2D eigenvalue weighted by Gasteiger charge is -2.10. The van der Waals surface area contributed by atoms with Crippen LogP contribution < -0.4 is 0 Å². The molecular formula is C20H18O11S. The van der Waals surface area contributed by atoms with Crippen LogP contribution in [0.15, 0.2) is 47.4 Å². The summed E-state index contributed by atoms with van der Waals surface area (Å²) < 4.78 is 51.3. The smallest absolute Gasteiger partial charge is 0.341 e. The largest absolute Gasteiger partial charge is 0.465 e. The van der Waals surface area contributed by atoms with E-state index in [1.54, 1.807) is 0 Å². The van der Waals surface area contributed by atoms with Gasteiger partial charge in [0.2, 0.25) is 6.79 Å². The molecular weight excluding hydrogens is 448 g/mol. The Balaban J connectivity index is 2.05. The molecule has 0 aromatic heterocycles. The molecule has 0 atom stereocenters. The number of hydrogen-bond donors (Lipinski definition) is 1. The third-order valence-corrected chi connectivity index (χ3v) is 4.81. The van der Waals surface area contributed by atoms with Gasteiger partial charge in [0.15, 0.2) is 0 Å². The molecule has 0 aliphatic rings. The van der Waals surface area contributed by atoms with Crippen molar-refractivity contribution in [2.45, 2.75) is 11.8 Å². The van der Waals surface area contributed by atoms with E-state index in [0.29, 0.717) is 0 Å². The predicted molar refractivity (Wildman–Crippen MR) is 106 cm³/mol. The second-order valence-electron chi connectivity index (χ2n) is 5.96. The van der Waals surface area contributed by atoms with E-state index in [2.05, 4.69) is 4.74 Å². The van der Waals surface area contributed by atoms with Crippen molar-refractivity contribution in [2.75, 3.05) is 20.5 Å². The van der Waals surface area contributed by atoms with E-state index in [1.807, 2.05) is 0 Å². The summed E-state index contributed by atoms with van der Waals surface area (Å²) in [7, 11) is -3.65. The molecule has 170 valence electrons. The molecule has 2 aromatic carbocycles. The first-order valence-electron chi connectivity index (χ1n) is 8.89. The summed E-state index contributed by atoms with van der Waals surface area (Å²) >= 11 is 0. The third-order valence-electron chi connectivity index (χ3n) is 3.91. The van der Waals surface area contributed by atoms with Gasteiger partial charge in [0.05, 0.1) is 36.0 Å². The molecule has 0 amide bonds. The number of esters is 4. The summed E-state index contributed by atoms with van der Waals surface area (Å²) in [5, 5.41) is 0. The van der Waals surface area contributed by atoms with Crippen molar-refractivity contribution in [1.29, 1.82) is 0 Å². The molecule has 0 unspecified atom stereocenters. The minimum Gasteiger partial charge on any atom is -0.465 e. The molecule has 2 rings (SSSR count). The van der Waals surface area contributed by atoms with Crippen LogP contribution in [0.25, 0.3) is 0 Å². The summed E-state index contributed by atoms with van der Waals surface area (Å²) in [6.45, 7) is 0.660. The predicted octanol–water partition coefficient (Wildman–Crippen LogP) is 1.87. The maximum absolute atomic E-state index is 12.1. The number of hydrogen-bond acceptors (Lipinski definition) is 10. The fraction of sp³-hybridized carbons (Fsp3) is 0.200. The Bertz CT molecular complexity index is 1130. The van der Waals surface area contributed by atoms with E-state index in [9.17, 15) is 32.1 Å². The number of benzene rings is 2. The first kappa shape index (κ1) is 24.5. The zero-order chi connectivity index (χ0) is 23.9. The molecule has 0 bridgehead atoms. The molecule has 0 aliphatic carbocycles. The van der Waals surface area contributed by atoms with Crippen molar-refractivity contribution in [1.82, 2.24) is 0 Å². The highest BCUT2D eigenvalue weighted by Crippen LogP contribution is 2.20. The van der Waals surface area contributed by atoms with Crippen LogP contribution in [0.4, 0.5) is 0 Å². The van der Waals surface area contributed by atoms with Gasteiger partial charge in [-0.1, -0.05) is 0 Å². The second-order valence-corrected chi connectivity index (χ2v) is 7.35. The summed E-state index contributed by atoms with van der Waals surface area (Å²) in [6.07, 6.45) is 0. The van der Waals surface area contributed by atoms with E-state index in [0.717, 1.165) is 18.2 Å². The lowest BCUT2D eigenvalue weighted by atomic mass is 10.1. The number of carbonyl (C=O) groups excluding carboxylic acids is 4. The summed E-state index contributed by atoms with van der Waals surface area (Å²) in [6, 6.07) is 8.10. The summed E-state index contributed by atoms with van der Waals surface area (Å²) in [4.78, 5) is 46.5. The quantitative estimate of drug-likeness (QED) is 0.262. The van der Waals surface area contributed by atoms with Gasteiger partial charge in [0, 0.05) is 0 Å². The lowest BCUT2D eigenvalue weighted by Crippen LogP contribution is -2.16. The van der Waals surface area contributed by atoms with Crippen LogP contribution in [-0.2, 0) is 29.1 Å². The van der Waals surface area contributed by atoms with Gasteiger partial charge in [-0.15, -0.1) is 0 Å². The van der Waals surface area contributed by atoms with Gasteiger partial charge in [-0.2, -0.15) is 8.42 Å². The number of methoxy groups -OCH3 is 1. The minimum atomic E-state index is -4.86. The van der Waals surface area contributed by atoms with E-state index < -0.39 is 51.2 Å². The van der Waals surface area contributed by atoms with Crippen LogP contribution in [-0.4, -0.2) is 57.4 Å². The molecule has 0 aliphatic heterocycles. The normalized spacial score (nSPS) is 10.7. The van der Waals surface area contributed by atoms with Crippen molar-refractivity contribution in [2.24, 2.45) is 0 Å². The van der Waals surface area contributed by atoms with E-state index in [-0.39, 0.29) is 23.3 Å². The monoisotopic (exact) mass is 466 g/mol. The van der Waals surface area contributed by atoms with E-state index in [4.69, 9.17) is 14.2 Å². The highest BCUT2D eigenvalue weighted by atomic mass is 32.2. The molecule has 0 spiro atoms. The lowest BCUT2D eigenvalue weighted by molar-refractivity contribution is -0.0168. The van der Waals surface area contributed by atoms with Gasteiger partial charge in [-0.25, -0.2) is 19.2 Å². The van der Waals surface area contributed by atoms with Crippen molar-refractivity contribution in [3.63, 3.8) is 0 Å². The van der Waals surface area contributed by atoms with Crippen molar-refractivity contribution < 1.29 is 51.1 Å². The Morgan fingerprint density at radius 1 is 0.781 bits per heavy atom. The zero-order valence-corrected chi connectivity index (χ0v) is 17.7. The van der Waals surface area contributed by atoms with Gasteiger partial charge < -0.3 is 18.9 Å². The van der Waals surface area contributed by atoms with E-state index >= 15 is 0 Å². The maximum atomic E-state index is 12.1. The number of rotatable bonds is 8. The van der Waals surface area contributed by atoms with Crippen LogP contribution in [0.2, 0.25) is 0 Å². The fourth-order valence-electron chi connectivity index (χ4n) is 2.40. The van der Waals surface area contributed by atoms with Gasteiger partial charge >= 0.3 is 23.9 Å². The zero-order valence-electron chi connectivity index (χ0n) is 16.9. The molecule has 12 heteroatoms.